The summed E-state index contributed by atoms with van der Waals surface area (Å²) in [6, 6.07) is 17.1. The van der Waals surface area contributed by atoms with E-state index >= 15 is 0 Å². The fourth-order valence-corrected chi connectivity index (χ4v) is 3.88. The maximum atomic E-state index is 12.6. The van der Waals surface area contributed by atoms with Crippen LogP contribution in [0.3, 0.4) is 0 Å². The Bertz CT molecular complexity index is 1140. The normalized spacial score (nSPS) is 10.2. The van der Waals surface area contributed by atoms with Crippen molar-refractivity contribution in [3.8, 4) is 6.07 Å². The molecule has 1 N–H and O–H groups in total. The zero-order chi connectivity index (χ0) is 21.7. The molecule has 3 aromatic rings. The van der Waals surface area contributed by atoms with Gasteiger partial charge in [0.2, 0.25) is 0 Å². The molecule has 0 fully saturated rings. The largest absolute Gasteiger partial charge is 0.462 e. The summed E-state index contributed by atoms with van der Waals surface area (Å²) in [6.07, 6.45) is 0. The Hall–Kier alpha value is -3.76. The average Bonchev–Trinajstić information content (AvgIpc) is 3.09. The van der Waals surface area contributed by atoms with Gasteiger partial charge in [-0.05, 0) is 31.5 Å². The van der Waals surface area contributed by atoms with E-state index in [1.165, 1.54) is 0 Å². The Labute approximate surface area is 177 Å². The molecule has 3 rings (SSSR count). The molecule has 0 radical (unpaired) electrons. The molecule has 6 nitrogen and oxygen atoms in total. The second-order valence-corrected chi connectivity index (χ2v) is 7.34. The number of nitrogens with one attached hydrogen (secondary N) is 1. The maximum Gasteiger partial charge on any atom is 0.348 e. The Balaban J connectivity index is 1.80. The monoisotopic (exact) mass is 418 g/mol. The summed E-state index contributed by atoms with van der Waals surface area (Å²) < 4.78 is 5.00. The van der Waals surface area contributed by atoms with Gasteiger partial charge in [-0.3, -0.25) is 9.59 Å². The fourth-order valence-electron chi connectivity index (χ4n) is 2.83. The summed E-state index contributed by atoms with van der Waals surface area (Å²) in [5.41, 5.74) is 2.06. The first kappa shape index (κ1) is 21.0. The Kier molecular flexibility index (Phi) is 6.40. The van der Waals surface area contributed by atoms with Crippen LogP contribution in [0, 0.1) is 18.3 Å². The summed E-state index contributed by atoms with van der Waals surface area (Å²) in [4.78, 5) is 37.5. The van der Waals surface area contributed by atoms with E-state index in [0.29, 0.717) is 22.3 Å². The third-order valence-electron chi connectivity index (χ3n) is 4.39. The van der Waals surface area contributed by atoms with Crippen molar-refractivity contribution in [2.24, 2.45) is 0 Å². The van der Waals surface area contributed by atoms with E-state index in [1.54, 1.807) is 62.4 Å². The van der Waals surface area contributed by atoms with Crippen molar-refractivity contribution in [2.45, 2.75) is 13.8 Å². The molecule has 30 heavy (non-hydrogen) atoms. The van der Waals surface area contributed by atoms with Gasteiger partial charge >= 0.3 is 5.97 Å². The highest BCUT2D eigenvalue weighted by atomic mass is 32.1. The number of ether oxygens (including phenoxy) is 1. The van der Waals surface area contributed by atoms with Crippen molar-refractivity contribution in [1.29, 1.82) is 5.26 Å². The lowest BCUT2D eigenvalue weighted by atomic mass is 10.0. The van der Waals surface area contributed by atoms with Gasteiger partial charge in [-0.1, -0.05) is 42.5 Å². The van der Waals surface area contributed by atoms with Crippen LogP contribution in [0.2, 0.25) is 0 Å². The number of thiophene rings is 1. The zero-order valence-electron chi connectivity index (χ0n) is 16.4. The summed E-state index contributed by atoms with van der Waals surface area (Å²) in [5, 5.41) is 12.4. The van der Waals surface area contributed by atoms with Crippen molar-refractivity contribution in [1.82, 2.24) is 0 Å². The number of carbonyl (C=O) groups excluding carboxylic acids is 3. The van der Waals surface area contributed by atoms with Crippen LogP contribution in [0.5, 0.6) is 0 Å². The van der Waals surface area contributed by atoms with Crippen LogP contribution in [-0.2, 0) is 4.74 Å². The predicted octanol–water partition coefficient (Wildman–Crippen LogP) is 4.59. The molecule has 0 bridgehead atoms. The summed E-state index contributed by atoms with van der Waals surface area (Å²) in [5.74, 6) is -1.11. The minimum atomic E-state index is -0.527. The van der Waals surface area contributed by atoms with Gasteiger partial charge in [0.05, 0.1) is 12.2 Å². The molecule has 2 aromatic carbocycles. The molecule has 1 heterocycles. The first-order chi connectivity index (χ1) is 14.5. The first-order valence-electron chi connectivity index (χ1n) is 9.18. The second kappa shape index (κ2) is 9.16. The lowest BCUT2D eigenvalue weighted by Gasteiger charge is -2.05. The van der Waals surface area contributed by atoms with Gasteiger partial charge in [0, 0.05) is 16.7 Å². The van der Waals surface area contributed by atoms with Crippen LogP contribution in [0.1, 0.15) is 54.0 Å². The van der Waals surface area contributed by atoms with E-state index in [0.717, 1.165) is 11.3 Å². The van der Waals surface area contributed by atoms with Crippen LogP contribution >= 0.6 is 11.3 Å². The quantitative estimate of drug-likeness (QED) is 0.467. The van der Waals surface area contributed by atoms with Gasteiger partial charge in [-0.2, -0.15) is 5.26 Å². The van der Waals surface area contributed by atoms with Crippen LogP contribution in [0.25, 0.3) is 0 Å². The van der Waals surface area contributed by atoms with Gasteiger partial charge in [0.15, 0.2) is 5.78 Å². The van der Waals surface area contributed by atoms with E-state index in [2.05, 4.69) is 5.32 Å². The van der Waals surface area contributed by atoms with Gasteiger partial charge in [-0.15, -0.1) is 11.3 Å². The van der Waals surface area contributed by atoms with Gasteiger partial charge in [0.1, 0.15) is 15.9 Å². The molecule has 0 unspecified atom stereocenters. The molecular weight excluding hydrogens is 400 g/mol. The maximum absolute atomic E-state index is 12.6. The van der Waals surface area contributed by atoms with Crippen molar-refractivity contribution in [2.75, 3.05) is 11.9 Å². The number of ketones is 1. The average molecular weight is 418 g/mol. The standard InChI is InChI=1S/C23H18N2O4S/c1-3-29-23(28)20-14(2)18(13-24)22(30-20)25-21(27)17-11-9-16(10-12-17)19(26)15-7-5-4-6-8-15/h4-12H,3H2,1-2H3,(H,25,27). The van der Waals surface area contributed by atoms with Crippen LogP contribution in [-0.4, -0.2) is 24.3 Å². The minimum Gasteiger partial charge on any atom is -0.462 e. The molecule has 0 aliphatic carbocycles. The molecule has 0 aliphatic rings. The lowest BCUT2D eigenvalue weighted by Crippen LogP contribution is -2.12. The molecule has 0 saturated heterocycles. The molecule has 7 heteroatoms. The van der Waals surface area contributed by atoms with Crippen LogP contribution in [0.4, 0.5) is 5.00 Å². The Morgan fingerprint density at radius 1 is 1.00 bits per heavy atom. The van der Waals surface area contributed by atoms with Gasteiger partial charge in [-0.25, -0.2) is 4.79 Å². The molecule has 0 aliphatic heterocycles. The lowest BCUT2D eigenvalue weighted by molar-refractivity contribution is 0.0531. The number of amides is 1. The number of benzene rings is 2. The zero-order valence-corrected chi connectivity index (χ0v) is 17.2. The van der Waals surface area contributed by atoms with Crippen LogP contribution < -0.4 is 5.32 Å². The Morgan fingerprint density at radius 3 is 2.20 bits per heavy atom. The summed E-state index contributed by atoms with van der Waals surface area (Å²) in [6.45, 7) is 3.55. The van der Waals surface area contributed by atoms with Crippen molar-refractivity contribution >= 4 is 34.0 Å². The van der Waals surface area contributed by atoms with E-state index < -0.39 is 11.9 Å². The highest BCUT2D eigenvalue weighted by Crippen LogP contribution is 2.33. The Morgan fingerprint density at radius 2 is 1.60 bits per heavy atom. The van der Waals surface area contributed by atoms with E-state index in [4.69, 9.17) is 4.74 Å². The number of rotatable bonds is 6. The number of hydrogen-bond acceptors (Lipinski definition) is 6. The highest BCUT2D eigenvalue weighted by Gasteiger charge is 2.22. The minimum absolute atomic E-state index is 0.137. The van der Waals surface area contributed by atoms with E-state index in [-0.39, 0.29) is 27.8 Å². The van der Waals surface area contributed by atoms with E-state index in [1.807, 2.05) is 12.1 Å². The van der Waals surface area contributed by atoms with Crippen molar-refractivity contribution in [3.63, 3.8) is 0 Å². The van der Waals surface area contributed by atoms with Crippen molar-refractivity contribution < 1.29 is 19.1 Å². The number of anilines is 1. The molecule has 0 atom stereocenters. The smallest absolute Gasteiger partial charge is 0.348 e. The molecule has 0 spiro atoms. The van der Waals surface area contributed by atoms with E-state index in [9.17, 15) is 19.6 Å². The molecule has 0 saturated carbocycles. The molecule has 1 amide bonds. The summed E-state index contributed by atoms with van der Waals surface area (Å²) >= 11 is 1.00. The third-order valence-corrected chi connectivity index (χ3v) is 5.58. The van der Waals surface area contributed by atoms with Gasteiger partial charge in [0.25, 0.3) is 5.91 Å². The number of nitrogens with zero attached hydrogens (tertiary/aromatic N) is 1. The van der Waals surface area contributed by atoms with Gasteiger partial charge < -0.3 is 10.1 Å². The number of nitriles is 1. The fraction of sp³-hybridized carbons (Fsp3) is 0.130. The molecular formula is C23H18N2O4S. The number of esters is 1. The third kappa shape index (κ3) is 4.29. The summed E-state index contributed by atoms with van der Waals surface area (Å²) in [7, 11) is 0. The molecule has 1 aromatic heterocycles. The topological polar surface area (TPSA) is 96.3 Å². The second-order valence-electron chi connectivity index (χ2n) is 6.32. The predicted molar refractivity (Wildman–Crippen MR) is 114 cm³/mol. The number of carbonyl (C=O) groups is 3. The first-order valence-corrected chi connectivity index (χ1v) is 9.99. The van der Waals surface area contributed by atoms with Crippen molar-refractivity contribution in [3.05, 3.63) is 87.3 Å². The van der Waals surface area contributed by atoms with Crippen LogP contribution in [0.15, 0.2) is 54.6 Å². The highest BCUT2D eigenvalue weighted by molar-refractivity contribution is 7.18. The molecule has 150 valence electrons. The SMILES string of the molecule is CCOC(=O)c1sc(NC(=O)c2ccc(C(=O)c3ccccc3)cc2)c(C#N)c1C. The number of hydrogen-bond donors (Lipinski definition) is 1.